The molecule has 1 heterocycles. The van der Waals surface area contributed by atoms with Crippen LogP contribution in [-0.4, -0.2) is 40.5 Å². The van der Waals surface area contributed by atoms with Gasteiger partial charge in [0.15, 0.2) is 6.61 Å². The maximum absolute atomic E-state index is 12.9. The number of aliphatic hydroxyl groups excluding tert-OH is 1. The van der Waals surface area contributed by atoms with Crippen LogP contribution in [0, 0.1) is 0 Å². The smallest absolute Gasteiger partial charge is 0.344 e. The second-order valence-electron chi connectivity index (χ2n) is 6.66. The number of nitrogens with zero attached hydrogens (tertiary/aromatic N) is 1. The van der Waals surface area contributed by atoms with Crippen molar-refractivity contribution in [3.05, 3.63) is 71.3 Å². The van der Waals surface area contributed by atoms with Crippen LogP contribution < -0.4 is 10.7 Å². The highest BCUT2D eigenvalue weighted by atomic mass is 16.5. The predicted molar refractivity (Wildman–Crippen MR) is 105 cm³/mol. The molecule has 30 heavy (non-hydrogen) atoms. The summed E-state index contributed by atoms with van der Waals surface area (Å²) in [7, 11) is 0. The number of hydrogen-bond acceptors (Lipinski definition) is 6. The lowest BCUT2D eigenvalue weighted by Gasteiger charge is -2.25. The third-order valence-electron chi connectivity index (χ3n) is 4.83. The van der Waals surface area contributed by atoms with Crippen molar-refractivity contribution in [1.29, 1.82) is 0 Å². The molecule has 0 saturated carbocycles. The van der Waals surface area contributed by atoms with Crippen LogP contribution in [0.25, 0.3) is 0 Å². The van der Waals surface area contributed by atoms with Gasteiger partial charge < -0.3 is 15.2 Å². The minimum atomic E-state index is -1.28. The van der Waals surface area contributed by atoms with E-state index in [0.717, 1.165) is 0 Å². The van der Waals surface area contributed by atoms with Crippen molar-refractivity contribution in [2.45, 2.75) is 25.5 Å². The van der Waals surface area contributed by atoms with Gasteiger partial charge in [-0.05, 0) is 29.7 Å². The van der Waals surface area contributed by atoms with E-state index in [2.05, 4.69) is 10.7 Å². The number of carbonyl (C=O) groups is 4. The summed E-state index contributed by atoms with van der Waals surface area (Å²) in [6.07, 6.45) is 0.285. The summed E-state index contributed by atoms with van der Waals surface area (Å²) in [5, 5.41) is 12.2. The molecule has 1 atom stereocenters. The molecule has 9 nitrogen and oxygen atoms in total. The van der Waals surface area contributed by atoms with E-state index in [1.165, 1.54) is 12.1 Å². The van der Waals surface area contributed by atoms with Gasteiger partial charge in [0.1, 0.15) is 5.54 Å². The van der Waals surface area contributed by atoms with Crippen LogP contribution in [-0.2, 0) is 26.5 Å². The molecule has 4 amide bonds. The number of nitrogens with one attached hydrogen (secondary N) is 2. The van der Waals surface area contributed by atoms with E-state index in [1.807, 2.05) is 0 Å². The molecule has 1 fully saturated rings. The SMILES string of the molecule is CC[C@@]1(c2ccccc2)NC(=O)N(NC(=O)COC(=O)c2ccc(CO)cc2)C1=O. The monoisotopic (exact) mass is 411 g/mol. The molecular formula is C21H21N3O6. The zero-order chi connectivity index (χ0) is 21.7. The normalized spacial score (nSPS) is 18.1. The quantitative estimate of drug-likeness (QED) is 0.465. The van der Waals surface area contributed by atoms with Gasteiger partial charge in [0.25, 0.3) is 11.8 Å². The number of hydrogen-bond donors (Lipinski definition) is 3. The van der Waals surface area contributed by atoms with Crippen molar-refractivity contribution in [2.75, 3.05) is 6.61 Å². The molecule has 0 spiro atoms. The summed E-state index contributed by atoms with van der Waals surface area (Å²) >= 11 is 0. The number of carbonyl (C=O) groups excluding carboxylic acids is 4. The molecule has 0 aromatic heterocycles. The van der Waals surface area contributed by atoms with E-state index in [0.29, 0.717) is 16.1 Å². The van der Waals surface area contributed by atoms with Crippen LogP contribution in [0.2, 0.25) is 0 Å². The molecule has 9 heteroatoms. The number of esters is 1. The first-order valence-corrected chi connectivity index (χ1v) is 9.30. The highest BCUT2D eigenvalue weighted by Crippen LogP contribution is 2.31. The van der Waals surface area contributed by atoms with Gasteiger partial charge in [0.05, 0.1) is 12.2 Å². The summed E-state index contributed by atoms with van der Waals surface area (Å²) < 4.78 is 4.92. The first-order chi connectivity index (χ1) is 14.4. The van der Waals surface area contributed by atoms with Crippen molar-refractivity contribution < 1.29 is 29.0 Å². The second-order valence-corrected chi connectivity index (χ2v) is 6.66. The number of aliphatic hydroxyl groups is 1. The van der Waals surface area contributed by atoms with E-state index >= 15 is 0 Å². The predicted octanol–water partition coefficient (Wildman–Crippen LogP) is 1.22. The van der Waals surface area contributed by atoms with Gasteiger partial charge in [0, 0.05) is 0 Å². The molecule has 0 radical (unpaired) electrons. The zero-order valence-corrected chi connectivity index (χ0v) is 16.3. The summed E-state index contributed by atoms with van der Waals surface area (Å²) in [6.45, 7) is 0.911. The minimum absolute atomic E-state index is 0.161. The second kappa shape index (κ2) is 8.75. The Morgan fingerprint density at radius 3 is 2.37 bits per heavy atom. The Hall–Kier alpha value is -3.72. The summed E-state index contributed by atoms with van der Waals surface area (Å²) in [5.74, 6) is -2.21. The highest BCUT2D eigenvalue weighted by Gasteiger charge is 2.52. The van der Waals surface area contributed by atoms with Crippen LogP contribution in [0.5, 0.6) is 0 Å². The van der Waals surface area contributed by atoms with E-state index in [9.17, 15) is 19.2 Å². The molecule has 2 aromatic carbocycles. The van der Waals surface area contributed by atoms with Crippen LogP contribution >= 0.6 is 0 Å². The minimum Gasteiger partial charge on any atom is -0.452 e. The maximum Gasteiger partial charge on any atom is 0.344 e. The van der Waals surface area contributed by atoms with Crippen LogP contribution in [0.4, 0.5) is 4.79 Å². The Bertz CT molecular complexity index is 960. The van der Waals surface area contributed by atoms with Crippen LogP contribution in [0.3, 0.4) is 0 Å². The topological polar surface area (TPSA) is 125 Å². The fourth-order valence-electron chi connectivity index (χ4n) is 3.16. The van der Waals surface area contributed by atoms with Crippen LogP contribution in [0.1, 0.15) is 34.8 Å². The van der Waals surface area contributed by atoms with Gasteiger partial charge >= 0.3 is 12.0 Å². The number of urea groups is 1. The lowest BCUT2D eigenvalue weighted by Crippen LogP contribution is -2.49. The lowest BCUT2D eigenvalue weighted by atomic mass is 9.87. The van der Waals surface area contributed by atoms with Gasteiger partial charge in [0.2, 0.25) is 0 Å². The third kappa shape index (κ3) is 4.01. The Labute approximate surface area is 172 Å². The molecule has 1 saturated heterocycles. The van der Waals surface area contributed by atoms with Gasteiger partial charge in [-0.3, -0.25) is 15.0 Å². The fourth-order valence-corrected chi connectivity index (χ4v) is 3.16. The number of imide groups is 1. The zero-order valence-electron chi connectivity index (χ0n) is 16.3. The largest absolute Gasteiger partial charge is 0.452 e. The lowest BCUT2D eigenvalue weighted by molar-refractivity contribution is -0.140. The molecule has 2 aromatic rings. The summed E-state index contributed by atoms with van der Waals surface area (Å²) in [4.78, 5) is 49.5. The number of hydrazine groups is 1. The molecule has 0 aliphatic carbocycles. The number of amides is 4. The van der Waals surface area contributed by atoms with Crippen molar-refractivity contribution in [2.24, 2.45) is 0 Å². The molecule has 156 valence electrons. The van der Waals surface area contributed by atoms with E-state index in [1.54, 1.807) is 49.4 Å². The molecular weight excluding hydrogens is 390 g/mol. The van der Waals surface area contributed by atoms with Gasteiger partial charge in [-0.1, -0.05) is 49.4 Å². The highest BCUT2D eigenvalue weighted by molar-refractivity contribution is 6.08. The first-order valence-electron chi connectivity index (χ1n) is 9.30. The Morgan fingerprint density at radius 2 is 1.77 bits per heavy atom. The third-order valence-corrected chi connectivity index (χ3v) is 4.83. The molecule has 1 aliphatic rings. The average Bonchev–Trinajstić information content (AvgIpc) is 3.03. The van der Waals surface area contributed by atoms with Crippen molar-refractivity contribution in [1.82, 2.24) is 15.8 Å². The molecule has 0 unspecified atom stereocenters. The number of ether oxygens (including phenoxy) is 1. The number of benzene rings is 2. The molecule has 0 bridgehead atoms. The Kier molecular flexibility index (Phi) is 6.12. The van der Waals surface area contributed by atoms with Gasteiger partial charge in [-0.2, -0.15) is 5.01 Å². The maximum atomic E-state index is 12.9. The van der Waals surface area contributed by atoms with Crippen molar-refractivity contribution >= 4 is 23.8 Å². The fraction of sp³-hybridized carbons (Fsp3) is 0.238. The van der Waals surface area contributed by atoms with Crippen molar-refractivity contribution in [3.8, 4) is 0 Å². The van der Waals surface area contributed by atoms with Crippen molar-refractivity contribution in [3.63, 3.8) is 0 Å². The van der Waals surface area contributed by atoms with Gasteiger partial charge in [-0.15, -0.1) is 0 Å². The number of rotatable bonds is 7. The van der Waals surface area contributed by atoms with Gasteiger partial charge in [-0.25, -0.2) is 9.59 Å². The summed E-state index contributed by atoms with van der Waals surface area (Å²) in [6, 6.07) is 14.0. The van der Waals surface area contributed by atoms with Crippen LogP contribution in [0.15, 0.2) is 54.6 Å². The molecule has 3 rings (SSSR count). The molecule has 1 aliphatic heterocycles. The van der Waals surface area contributed by atoms with E-state index in [-0.39, 0.29) is 18.6 Å². The average molecular weight is 411 g/mol. The molecule has 3 N–H and O–H groups in total. The summed E-state index contributed by atoms with van der Waals surface area (Å²) in [5.41, 5.74) is 2.33. The Balaban J connectivity index is 1.63. The Morgan fingerprint density at radius 1 is 1.10 bits per heavy atom. The standard InChI is InChI=1S/C21H21N3O6/c1-2-21(16-6-4-3-5-7-16)19(28)24(20(29)22-21)23-17(26)13-30-18(27)15-10-8-14(12-25)9-11-15/h3-11,25H,2,12-13H2,1H3,(H,22,29)(H,23,26)/t21-/m0/s1. The van der Waals surface area contributed by atoms with E-state index in [4.69, 9.17) is 9.84 Å². The first kappa shape index (κ1) is 21.0. The van der Waals surface area contributed by atoms with E-state index < -0.39 is 36.0 Å².